The van der Waals surface area contributed by atoms with E-state index in [9.17, 15) is 0 Å². The van der Waals surface area contributed by atoms with Crippen molar-refractivity contribution in [3.8, 4) is 0 Å². The number of rotatable bonds is 8. The third kappa shape index (κ3) is 7.14. The number of piperidine rings is 1. The zero-order valence-corrected chi connectivity index (χ0v) is 15.9. The molecule has 2 rings (SSSR count). The van der Waals surface area contributed by atoms with Gasteiger partial charge in [-0.05, 0) is 43.3 Å². The van der Waals surface area contributed by atoms with Crippen molar-refractivity contribution < 1.29 is 0 Å². The van der Waals surface area contributed by atoms with Gasteiger partial charge >= 0.3 is 0 Å². The van der Waals surface area contributed by atoms with Crippen LogP contribution in [0.2, 0.25) is 0 Å². The molecule has 0 aromatic heterocycles. The highest BCUT2D eigenvalue weighted by atomic mass is 32.2. The van der Waals surface area contributed by atoms with E-state index in [1.54, 1.807) is 0 Å². The Balaban J connectivity index is 1.64. The molecule has 0 bridgehead atoms. The molecule has 4 nitrogen and oxygen atoms in total. The van der Waals surface area contributed by atoms with E-state index >= 15 is 0 Å². The Labute approximate surface area is 151 Å². The Morgan fingerprint density at radius 2 is 1.96 bits per heavy atom. The number of nitrogens with one attached hydrogen (secondary N) is 2. The first-order valence-electron chi connectivity index (χ1n) is 9.04. The molecule has 1 aliphatic heterocycles. The average molecular weight is 349 g/mol. The van der Waals surface area contributed by atoms with Crippen LogP contribution in [0.3, 0.4) is 0 Å². The highest BCUT2D eigenvalue weighted by Crippen LogP contribution is 2.13. The van der Waals surface area contributed by atoms with E-state index in [-0.39, 0.29) is 0 Å². The Morgan fingerprint density at radius 3 is 2.62 bits per heavy atom. The minimum Gasteiger partial charge on any atom is -0.356 e. The van der Waals surface area contributed by atoms with Crippen molar-refractivity contribution in [2.24, 2.45) is 4.99 Å². The van der Waals surface area contributed by atoms with E-state index in [0.29, 0.717) is 6.04 Å². The molecule has 0 spiro atoms. The molecule has 1 fully saturated rings. The molecule has 1 aliphatic rings. The lowest BCUT2D eigenvalue weighted by atomic mass is 10.0. The van der Waals surface area contributed by atoms with Crippen molar-refractivity contribution in [2.45, 2.75) is 38.3 Å². The van der Waals surface area contributed by atoms with Crippen LogP contribution in [0.5, 0.6) is 0 Å². The third-order valence-corrected chi connectivity index (χ3v) is 5.17. The second-order valence-corrected chi connectivity index (χ2v) is 7.36. The van der Waals surface area contributed by atoms with Gasteiger partial charge < -0.3 is 10.6 Å². The lowest BCUT2D eigenvalue weighted by molar-refractivity contribution is 0.198. The van der Waals surface area contributed by atoms with Crippen LogP contribution in [0.1, 0.15) is 31.2 Å². The van der Waals surface area contributed by atoms with Gasteiger partial charge in [0.1, 0.15) is 0 Å². The molecule has 1 saturated heterocycles. The normalized spacial score (nSPS) is 17.0. The summed E-state index contributed by atoms with van der Waals surface area (Å²) in [6, 6.07) is 11.3. The van der Waals surface area contributed by atoms with E-state index < -0.39 is 0 Å². The van der Waals surface area contributed by atoms with E-state index in [0.717, 1.165) is 32.1 Å². The molecule has 1 aromatic rings. The number of thioether (sulfide) groups is 1. The van der Waals surface area contributed by atoms with Crippen LogP contribution in [-0.2, 0) is 6.54 Å². The largest absolute Gasteiger partial charge is 0.356 e. The Kier molecular flexibility index (Phi) is 9.06. The Morgan fingerprint density at radius 1 is 1.21 bits per heavy atom. The molecule has 0 aliphatic carbocycles. The third-order valence-electron chi connectivity index (χ3n) is 4.47. The van der Waals surface area contributed by atoms with Gasteiger partial charge in [0.25, 0.3) is 0 Å². The molecule has 5 heteroatoms. The maximum absolute atomic E-state index is 4.36. The van der Waals surface area contributed by atoms with Crippen LogP contribution in [0, 0.1) is 0 Å². The summed E-state index contributed by atoms with van der Waals surface area (Å²) in [5.41, 5.74) is 1.41. The highest BCUT2D eigenvalue weighted by molar-refractivity contribution is 7.98. The standard InChI is InChI=1S/C19H32N4S/c1-20-19(21-12-6-7-15-24-2)22-18-10-13-23(14-11-18)16-17-8-4-3-5-9-17/h3-5,8-9,18H,6-7,10-16H2,1-2H3,(H2,20,21,22). The summed E-state index contributed by atoms with van der Waals surface area (Å²) in [4.78, 5) is 6.91. The van der Waals surface area contributed by atoms with E-state index in [1.165, 1.54) is 37.0 Å². The van der Waals surface area contributed by atoms with Gasteiger partial charge in [0.05, 0.1) is 0 Å². The predicted molar refractivity (Wildman–Crippen MR) is 107 cm³/mol. The second kappa shape index (κ2) is 11.4. The number of aliphatic imine (C=N–C) groups is 1. The topological polar surface area (TPSA) is 39.7 Å². The van der Waals surface area contributed by atoms with Crippen molar-refractivity contribution in [3.05, 3.63) is 35.9 Å². The SMILES string of the molecule is CN=C(NCCCCSC)NC1CCN(Cc2ccccc2)CC1. The minimum atomic E-state index is 0.537. The number of hydrogen-bond donors (Lipinski definition) is 2. The van der Waals surface area contributed by atoms with Gasteiger partial charge in [-0.3, -0.25) is 9.89 Å². The van der Waals surface area contributed by atoms with Crippen molar-refractivity contribution >= 4 is 17.7 Å². The zero-order chi connectivity index (χ0) is 17.0. The Bertz CT molecular complexity index is 470. The lowest BCUT2D eigenvalue weighted by Gasteiger charge is -2.33. The molecule has 0 unspecified atom stereocenters. The summed E-state index contributed by atoms with van der Waals surface area (Å²) >= 11 is 1.92. The van der Waals surface area contributed by atoms with Crippen molar-refractivity contribution in [1.29, 1.82) is 0 Å². The number of likely N-dealkylation sites (tertiary alicyclic amines) is 1. The second-order valence-electron chi connectivity index (χ2n) is 6.38. The highest BCUT2D eigenvalue weighted by Gasteiger charge is 2.19. The van der Waals surface area contributed by atoms with Crippen LogP contribution >= 0.6 is 11.8 Å². The van der Waals surface area contributed by atoms with Gasteiger partial charge in [-0.2, -0.15) is 11.8 Å². The first kappa shape index (κ1) is 19.1. The van der Waals surface area contributed by atoms with Crippen molar-refractivity contribution in [1.82, 2.24) is 15.5 Å². The predicted octanol–water partition coefficient (Wildman–Crippen LogP) is 2.96. The quantitative estimate of drug-likeness (QED) is 0.430. The summed E-state index contributed by atoms with van der Waals surface area (Å²) in [7, 11) is 1.86. The molecule has 0 amide bonds. The average Bonchev–Trinajstić information content (AvgIpc) is 2.63. The number of guanidine groups is 1. The van der Waals surface area contributed by atoms with Crippen LogP contribution in [-0.4, -0.2) is 55.6 Å². The minimum absolute atomic E-state index is 0.537. The van der Waals surface area contributed by atoms with Gasteiger partial charge in [-0.15, -0.1) is 0 Å². The van der Waals surface area contributed by atoms with E-state index in [2.05, 4.69) is 57.1 Å². The smallest absolute Gasteiger partial charge is 0.191 e. The van der Waals surface area contributed by atoms with Crippen molar-refractivity contribution in [3.63, 3.8) is 0 Å². The number of unbranched alkanes of at least 4 members (excludes halogenated alkanes) is 1. The fourth-order valence-corrected chi connectivity index (χ4v) is 3.54. The number of hydrogen-bond acceptors (Lipinski definition) is 3. The fraction of sp³-hybridized carbons (Fsp3) is 0.632. The van der Waals surface area contributed by atoms with Gasteiger partial charge in [0.2, 0.25) is 0 Å². The molecule has 1 heterocycles. The van der Waals surface area contributed by atoms with Crippen LogP contribution in [0.4, 0.5) is 0 Å². The fourth-order valence-electron chi connectivity index (χ4n) is 3.04. The van der Waals surface area contributed by atoms with E-state index in [1.807, 2.05) is 18.8 Å². The summed E-state index contributed by atoms with van der Waals surface area (Å²) < 4.78 is 0. The van der Waals surface area contributed by atoms with Gasteiger partial charge in [0, 0.05) is 39.3 Å². The number of benzene rings is 1. The summed E-state index contributed by atoms with van der Waals surface area (Å²) in [5.74, 6) is 2.20. The maximum Gasteiger partial charge on any atom is 0.191 e. The van der Waals surface area contributed by atoms with Crippen LogP contribution in [0.25, 0.3) is 0 Å². The van der Waals surface area contributed by atoms with Gasteiger partial charge in [0.15, 0.2) is 5.96 Å². The van der Waals surface area contributed by atoms with Gasteiger partial charge in [-0.1, -0.05) is 30.3 Å². The lowest BCUT2D eigenvalue weighted by Crippen LogP contribution is -2.48. The number of nitrogens with zero attached hydrogens (tertiary/aromatic N) is 2. The molecule has 134 valence electrons. The molecular formula is C19H32N4S. The molecule has 1 aromatic carbocycles. The Hall–Kier alpha value is -1.20. The summed E-state index contributed by atoms with van der Waals surface area (Å²) in [5, 5.41) is 7.03. The monoisotopic (exact) mass is 348 g/mol. The summed E-state index contributed by atoms with van der Waals surface area (Å²) in [6.45, 7) is 4.37. The maximum atomic E-state index is 4.36. The van der Waals surface area contributed by atoms with Gasteiger partial charge in [-0.25, -0.2) is 0 Å². The van der Waals surface area contributed by atoms with Crippen LogP contribution in [0.15, 0.2) is 35.3 Å². The first-order chi connectivity index (χ1) is 11.8. The molecule has 0 atom stereocenters. The van der Waals surface area contributed by atoms with E-state index in [4.69, 9.17) is 0 Å². The molecule has 0 radical (unpaired) electrons. The molecular weight excluding hydrogens is 316 g/mol. The summed E-state index contributed by atoms with van der Waals surface area (Å²) in [6.07, 6.45) is 7.00. The van der Waals surface area contributed by atoms with Crippen molar-refractivity contribution in [2.75, 3.05) is 38.7 Å². The molecule has 2 N–H and O–H groups in total. The zero-order valence-electron chi connectivity index (χ0n) is 15.1. The molecule has 0 saturated carbocycles. The molecule has 24 heavy (non-hydrogen) atoms. The van der Waals surface area contributed by atoms with Crippen LogP contribution < -0.4 is 10.6 Å². The first-order valence-corrected chi connectivity index (χ1v) is 10.4.